The SMILES string of the molecule is CCN(C)CCN1CCCC(N)C1. The maximum absolute atomic E-state index is 5.91. The zero-order valence-electron chi connectivity index (χ0n) is 9.00. The van der Waals surface area contributed by atoms with Crippen LogP contribution in [0.4, 0.5) is 0 Å². The van der Waals surface area contributed by atoms with Gasteiger partial charge in [-0.2, -0.15) is 0 Å². The molecule has 78 valence electrons. The highest BCUT2D eigenvalue weighted by Crippen LogP contribution is 2.07. The van der Waals surface area contributed by atoms with Crippen molar-refractivity contribution in [2.24, 2.45) is 5.73 Å². The lowest BCUT2D eigenvalue weighted by Crippen LogP contribution is -2.45. The van der Waals surface area contributed by atoms with Gasteiger partial charge in [0, 0.05) is 25.7 Å². The van der Waals surface area contributed by atoms with Crippen molar-refractivity contribution < 1.29 is 0 Å². The molecule has 0 aromatic rings. The summed E-state index contributed by atoms with van der Waals surface area (Å²) in [5, 5.41) is 0. The molecule has 0 aromatic heterocycles. The van der Waals surface area contributed by atoms with Crippen molar-refractivity contribution >= 4 is 0 Å². The molecular weight excluding hydrogens is 162 g/mol. The summed E-state index contributed by atoms with van der Waals surface area (Å²) in [5.41, 5.74) is 5.91. The standard InChI is InChI=1S/C10H23N3/c1-3-12(2)7-8-13-6-4-5-10(11)9-13/h10H,3-9,11H2,1-2H3. The van der Waals surface area contributed by atoms with Crippen LogP contribution >= 0.6 is 0 Å². The number of hydrogen-bond acceptors (Lipinski definition) is 3. The lowest BCUT2D eigenvalue weighted by Gasteiger charge is -2.31. The van der Waals surface area contributed by atoms with Crippen LogP contribution in [0.3, 0.4) is 0 Å². The van der Waals surface area contributed by atoms with E-state index in [4.69, 9.17) is 5.73 Å². The van der Waals surface area contributed by atoms with E-state index >= 15 is 0 Å². The fourth-order valence-corrected chi connectivity index (χ4v) is 1.76. The Morgan fingerprint density at radius 1 is 1.54 bits per heavy atom. The second-order valence-electron chi connectivity index (χ2n) is 4.10. The maximum atomic E-state index is 5.91. The van der Waals surface area contributed by atoms with E-state index < -0.39 is 0 Å². The summed E-state index contributed by atoms with van der Waals surface area (Å²) in [6, 6.07) is 0.417. The predicted octanol–water partition coefficient (Wildman–Crippen LogP) is 0.361. The molecule has 1 aliphatic heterocycles. The topological polar surface area (TPSA) is 32.5 Å². The van der Waals surface area contributed by atoms with E-state index in [1.807, 2.05) is 0 Å². The second kappa shape index (κ2) is 5.58. The smallest absolute Gasteiger partial charge is 0.0168 e. The molecule has 1 atom stereocenters. The summed E-state index contributed by atoms with van der Waals surface area (Å²) < 4.78 is 0. The van der Waals surface area contributed by atoms with E-state index in [9.17, 15) is 0 Å². The van der Waals surface area contributed by atoms with Gasteiger partial charge in [0.1, 0.15) is 0 Å². The van der Waals surface area contributed by atoms with Crippen LogP contribution < -0.4 is 5.73 Å². The number of rotatable bonds is 4. The first-order valence-electron chi connectivity index (χ1n) is 5.39. The minimum atomic E-state index is 0.417. The monoisotopic (exact) mass is 185 g/mol. The molecule has 3 nitrogen and oxygen atoms in total. The molecule has 1 saturated heterocycles. The van der Waals surface area contributed by atoms with Gasteiger partial charge in [0.25, 0.3) is 0 Å². The molecule has 1 heterocycles. The molecule has 0 bridgehead atoms. The van der Waals surface area contributed by atoms with Gasteiger partial charge in [-0.05, 0) is 33.0 Å². The molecular formula is C10H23N3. The van der Waals surface area contributed by atoms with Crippen LogP contribution in [0.15, 0.2) is 0 Å². The molecule has 0 radical (unpaired) electrons. The van der Waals surface area contributed by atoms with Crippen molar-refractivity contribution in [2.75, 3.05) is 39.8 Å². The zero-order chi connectivity index (χ0) is 9.68. The average molecular weight is 185 g/mol. The van der Waals surface area contributed by atoms with Gasteiger partial charge in [0.15, 0.2) is 0 Å². The van der Waals surface area contributed by atoms with Gasteiger partial charge in [-0.1, -0.05) is 6.92 Å². The Labute approximate surface area is 81.9 Å². The Kier molecular flexibility index (Phi) is 4.70. The number of hydrogen-bond donors (Lipinski definition) is 1. The summed E-state index contributed by atoms with van der Waals surface area (Å²) in [6.45, 7) is 8.02. The summed E-state index contributed by atoms with van der Waals surface area (Å²) in [7, 11) is 2.17. The lowest BCUT2D eigenvalue weighted by atomic mass is 10.1. The molecule has 0 aliphatic carbocycles. The Morgan fingerprint density at radius 2 is 2.31 bits per heavy atom. The molecule has 0 aromatic carbocycles. The molecule has 0 spiro atoms. The van der Waals surface area contributed by atoms with Gasteiger partial charge in [0.05, 0.1) is 0 Å². The normalized spacial score (nSPS) is 25.4. The first kappa shape index (κ1) is 11.0. The Hall–Kier alpha value is -0.120. The molecule has 3 heteroatoms. The molecule has 1 aliphatic rings. The largest absolute Gasteiger partial charge is 0.327 e. The Bertz CT molecular complexity index is 138. The van der Waals surface area contributed by atoms with E-state index in [2.05, 4.69) is 23.8 Å². The number of nitrogens with zero attached hydrogens (tertiary/aromatic N) is 2. The summed E-state index contributed by atoms with van der Waals surface area (Å²) >= 11 is 0. The Balaban J connectivity index is 2.13. The summed E-state index contributed by atoms with van der Waals surface area (Å²) in [5.74, 6) is 0. The molecule has 1 rings (SSSR count). The molecule has 1 unspecified atom stereocenters. The number of likely N-dealkylation sites (N-methyl/N-ethyl adjacent to an activating group) is 1. The van der Waals surface area contributed by atoms with Crippen LogP contribution in [0.25, 0.3) is 0 Å². The van der Waals surface area contributed by atoms with Crippen LogP contribution in [0.1, 0.15) is 19.8 Å². The van der Waals surface area contributed by atoms with E-state index in [0.717, 1.165) is 13.1 Å². The van der Waals surface area contributed by atoms with Gasteiger partial charge >= 0.3 is 0 Å². The number of piperidine rings is 1. The molecule has 2 N–H and O–H groups in total. The second-order valence-corrected chi connectivity index (χ2v) is 4.10. The van der Waals surface area contributed by atoms with Crippen molar-refractivity contribution in [2.45, 2.75) is 25.8 Å². The van der Waals surface area contributed by atoms with Crippen LogP contribution in [0.5, 0.6) is 0 Å². The van der Waals surface area contributed by atoms with Crippen molar-refractivity contribution in [3.05, 3.63) is 0 Å². The maximum Gasteiger partial charge on any atom is 0.0168 e. The minimum absolute atomic E-state index is 0.417. The first-order chi connectivity index (χ1) is 6.22. The molecule has 0 saturated carbocycles. The van der Waals surface area contributed by atoms with Gasteiger partial charge in [-0.3, -0.25) is 0 Å². The van der Waals surface area contributed by atoms with E-state index in [1.165, 1.54) is 32.5 Å². The van der Waals surface area contributed by atoms with Crippen molar-refractivity contribution in [3.63, 3.8) is 0 Å². The third kappa shape index (κ3) is 4.07. The number of nitrogens with two attached hydrogens (primary N) is 1. The van der Waals surface area contributed by atoms with E-state index in [0.29, 0.717) is 6.04 Å². The predicted molar refractivity (Wildman–Crippen MR) is 56.8 cm³/mol. The van der Waals surface area contributed by atoms with Crippen molar-refractivity contribution in [1.82, 2.24) is 9.80 Å². The van der Waals surface area contributed by atoms with E-state index in [1.54, 1.807) is 0 Å². The third-order valence-corrected chi connectivity index (χ3v) is 2.88. The third-order valence-electron chi connectivity index (χ3n) is 2.88. The highest BCUT2D eigenvalue weighted by Gasteiger charge is 2.15. The average Bonchev–Trinajstić information content (AvgIpc) is 2.14. The van der Waals surface area contributed by atoms with Gasteiger partial charge in [-0.15, -0.1) is 0 Å². The van der Waals surface area contributed by atoms with Gasteiger partial charge < -0.3 is 15.5 Å². The molecule has 0 amide bonds. The highest BCUT2D eigenvalue weighted by atomic mass is 15.2. The molecule has 1 fully saturated rings. The van der Waals surface area contributed by atoms with Gasteiger partial charge in [-0.25, -0.2) is 0 Å². The minimum Gasteiger partial charge on any atom is -0.327 e. The van der Waals surface area contributed by atoms with Crippen molar-refractivity contribution in [3.8, 4) is 0 Å². The van der Waals surface area contributed by atoms with Crippen molar-refractivity contribution in [1.29, 1.82) is 0 Å². The molecule has 13 heavy (non-hydrogen) atoms. The van der Waals surface area contributed by atoms with E-state index in [-0.39, 0.29) is 0 Å². The Morgan fingerprint density at radius 3 is 2.92 bits per heavy atom. The summed E-state index contributed by atoms with van der Waals surface area (Å²) in [6.07, 6.45) is 2.48. The fraction of sp³-hybridized carbons (Fsp3) is 1.00. The van der Waals surface area contributed by atoms with Gasteiger partial charge in [0.2, 0.25) is 0 Å². The summed E-state index contributed by atoms with van der Waals surface area (Å²) in [4.78, 5) is 4.83. The quantitative estimate of drug-likeness (QED) is 0.686. The fourth-order valence-electron chi connectivity index (χ4n) is 1.76. The first-order valence-corrected chi connectivity index (χ1v) is 5.39. The number of likely N-dealkylation sites (tertiary alicyclic amines) is 1. The van der Waals surface area contributed by atoms with Crippen LogP contribution in [0, 0.1) is 0 Å². The highest BCUT2D eigenvalue weighted by molar-refractivity contribution is 4.75. The lowest BCUT2D eigenvalue weighted by molar-refractivity contribution is 0.185. The van der Waals surface area contributed by atoms with Crippen LogP contribution in [-0.2, 0) is 0 Å². The van der Waals surface area contributed by atoms with Crippen LogP contribution in [-0.4, -0.2) is 55.6 Å². The zero-order valence-corrected chi connectivity index (χ0v) is 9.00. The van der Waals surface area contributed by atoms with Crippen LogP contribution in [0.2, 0.25) is 0 Å².